The number of pyridine rings is 5. The van der Waals surface area contributed by atoms with Gasteiger partial charge in [-0.3, -0.25) is 48.5 Å². The van der Waals surface area contributed by atoms with Crippen molar-refractivity contribution >= 4 is 0 Å². The first-order valence-corrected chi connectivity index (χ1v) is 37.7. The van der Waals surface area contributed by atoms with Crippen LogP contribution in [-0.2, 0) is 85.1 Å². The molecule has 11 aromatic rings. The Morgan fingerprint density at radius 3 is 1.44 bits per heavy atom. The number of para-hydroxylation sites is 1. The topological polar surface area (TPSA) is 255 Å². The van der Waals surface area contributed by atoms with Gasteiger partial charge >= 0.3 is 6.36 Å². The van der Waals surface area contributed by atoms with Gasteiger partial charge in [-0.1, -0.05) is 115 Å². The number of methoxy groups -OCH3 is 1. The van der Waals surface area contributed by atoms with E-state index < -0.39 is 11.8 Å². The van der Waals surface area contributed by atoms with Crippen molar-refractivity contribution < 1.29 is 57.3 Å². The third-order valence-corrected chi connectivity index (χ3v) is 21.3. The van der Waals surface area contributed by atoms with Crippen LogP contribution >= 0.6 is 0 Å². The molecular weight excluding hydrogens is 1470 g/mol. The number of benzene rings is 6. The lowest BCUT2D eigenvalue weighted by Crippen LogP contribution is -2.40. The second-order valence-corrected chi connectivity index (χ2v) is 29.1. The van der Waals surface area contributed by atoms with Gasteiger partial charge in [0.15, 0.2) is 28.7 Å². The van der Waals surface area contributed by atoms with Gasteiger partial charge in [0.2, 0.25) is 27.1 Å². The van der Waals surface area contributed by atoms with Crippen molar-refractivity contribution in [1.82, 2.24) is 47.3 Å². The molecule has 6 aliphatic heterocycles. The number of aromatic nitrogens is 5. The Morgan fingerprint density at radius 2 is 0.912 bits per heavy atom. The van der Waals surface area contributed by atoms with Crippen molar-refractivity contribution in [3.63, 3.8) is 0 Å². The number of fused-ring (bicyclic) bond motifs is 6. The number of hydrogen-bond acceptors (Lipinski definition) is 18. The summed E-state index contributed by atoms with van der Waals surface area (Å²) in [5.74, 6) is 0.283. The van der Waals surface area contributed by atoms with Gasteiger partial charge in [-0.2, -0.15) is 0 Å². The van der Waals surface area contributed by atoms with Gasteiger partial charge in [0, 0.05) is 206 Å². The maximum atomic E-state index is 13.6. The summed E-state index contributed by atoms with van der Waals surface area (Å²) in [5.41, 5.74) is 10.3. The smallest absolute Gasteiger partial charge is 0.503 e. The van der Waals surface area contributed by atoms with Crippen LogP contribution in [0.2, 0.25) is 0 Å². The molecule has 0 radical (unpaired) electrons. The van der Waals surface area contributed by atoms with Crippen molar-refractivity contribution in [2.45, 2.75) is 130 Å². The lowest BCUT2D eigenvalue weighted by molar-refractivity contribution is -0.274. The number of alkyl halides is 3. The molecular formula is C87H90F4N10O13. The van der Waals surface area contributed by atoms with Crippen LogP contribution in [0.1, 0.15) is 98.9 Å². The lowest BCUT2D eigenvalue weighted by Gasteiger charge is -2.41. The van der Waals surface area contributed by atoms with Gasteiger partial charge in [-0.15, -0.1) is 13.2 Å². The molecule has 17 rings (SSSR count). The van der Waals surface area contributed by atoms with Crippen LogP contribution in [0.5, 0.6) is 46.0 Å². The highest BCUT2D eigenvalue weighted by molar-refractivity contribution is 5.41. The number of nitrogens with zero attached hydrogens (tertiary/aromatic N) is 10. The van der Waals surface area contributed by atoms with E-state index in [1.807, 2.05) is 71.7 Å². The predicted molar refractivity (Wildman–Crippen MR) is 421 cm³/mol. The van der Waals surface area contributed by atoms with Crippen LogP contribution in [-0.4, -0.2) is 119 Å². The molecule has 3 atom stereocenters. The summed E-state index contributed by atoms with van der Waals surface area (Å²) in [6.07, 6.45) is 3.67. The van der Waals surface area contributed by atoms with Crippen LogP contribution in [0.4, 0.5) is 17.6 Å². The number of aryl methyl sites for hydroxylation is 1. The zero-order valence-corrected chi connectivity index (χ0v) is 63.4. The first-order chi connectivity index (χ1) is 54.8. The SMILES string of the molecule is COc1ccc(CN2CCn3cc(O)c(=O)cc3C2)cc1.Cc1ccccc1C(C)N1CCn2cc(O)c(=O)cc2C1.O=c1cc2n(cc1O)CCN(C1CC(c3ccccc3)Oc3ccccc31)C2.O=c1cc2n(cc1O)CCN(Cc1cccc(OC(F)(F)F)c1)C2.O=c1cc2n(cc1O)CCN(Cc1ccccc1F)C2. The van der Waals surface area contributed by atoms with E-state index in [0.717, 1.165) is 105 Å². The molecule has 0 saturated carbocycles. The molecule has 0 spiro atoms. The molecule has 6 aliphatic rings. The first-order valence-electron chi connectivity index (χ1n) is 37.7. The second kappa shape index (κ2) is 35.8. The minimum atomic E-state index is -4.72. The number of halogens is 4. The molecule has 0 amide bonds. The van der Waals surface area contributed by atoms with Gasteiger partial charge in [0.05, 0.1) is 38.1 Å². The first kappa shape index (κ1) is 80.1. The largest absolute Gasteiger partial charge is 0.573 e. The van der Waals surface area contributed by atoms with Crippen LogP contribution in [0.15, 0.2) is 237 Å². The Balaban J connectivity index is 0.000000125. The highest BCUT2D eigenvalue weighted by Crippen LogP contribution is 2.45. The zero-order valence-electron chi connectivity index (χ0n) is 63.4. The third kappa shape index (κ3) is 20.1. The Bertz CT molecular complexity index is 5540. The number of hydrogen-bond donors (Lipinski definition) is 5. The fraction of sp³-hybridized carbons (Fsp3) is 0.299. The van der Waals surface area contributed by atoms with Crippen molar-refractivity contribution in [1.29, 1.82) is 0 Å². The molecule has 5 aromatic heterocycles. The van der Waals surface area contributed by atoms with E-state index in [0.29, 0.717) is 76.1 Å². The van der Waals surface area contributed by atoms with E-state index in [-0.39, 0.29) is 74.2 Å². The summed E-state index contributed by atoms with van der Waals surface area (Å²) in [6, 6.07) is 55.6. The van der Waals surface area contributed by atoms with E-state index in [1.165, 1.54) is 88.9 Å². The summed E-state index contributed by atoms with van der Waals surface area (Å²) in [6.45, 7) is 16.9. The molecule has 114 heavy (non-hydrogen) atoms. The maximum absolute atomic E-state index is 13.6. The molecule has 3 unspecified atom stereocenters. The summed E-state index contributed by atoms with van der Waals surface area (Å²) >= 11 is 0. The van der Waals surface area contributed by atoms with E-state index in [2.05, 4.69) is 98.8 Å². The molecule has 0 aliphatic carbocycles. The Morgan fingerprint density at radius 1 is 0.456 bits per heavy atom. The highest BCUT2D eigenvalue weighted by atomic mass is 19.4. The Labute approximate surface area is 654 Å². The zero-order chi connectivity index (χ0) is 80.3. The number of rotatable bonds is 12. The average Bonchev–Trinajstić information content (AvgIpc) is 0.783. The van der Waals surface area contributed by atoms with Crippen molar-refractivity contribution in [3.8, 4) is 46.0 Å². The fourth-order valence-electron chi connectivity index (χ4n) is 15.3. The average molecular weight is 1560 g/mol. The Kier molecular flexibility index (Phi) is 25.1. The van der Waals surface area contributed by atoms with Crippen LogP contribution in [0.3, 0.4) is 0 Å². The summed E-state index contributed by atoms with van der Waals surface area (Å²) in [4.78, 5) is 69.2. The molecule has 27 heteroatoms. The second-order valence-electron chi connectivity index (χ2n) is 29.1. The van der Waals surface area contributed by atoms with Crippen LogP contribution in [0.25, 0.3) is 0 Å². The fourth-order valence-corrected chi connectivity index (χ4v) is 15.3. The minimum absolute atomic E-state index is 0.00466. The molecule has 0 saturated heterocycles. The number of aromatic hydroxyl groups is 5. The standard InChI is InChI=1S/C23H22N2O3.C17H20N2O2.C16H15F3N2O3.C16H18N2O3.C15H15FN2O2/c26-20-12-17-14-25(11-10-24(17)15-21(20)27)19-13-23(16-6-2-1-3-7-16)28-22-9-5-4-8-18(19)22;1-12-5-3-4-6-15(12)13(2)18-7-8-19-11-17(21)16(20)9-14(19)10-18;17-16(18,19)24-13-3-1-2-11(6-13)8-20-4-5-21-10-15(23)14(22)7-12(21)9-20;1-21-14-4-2-12(3-5-14)9-17-6-7-18-11-16(20)15(19)8-13(18)10-17;16-13-4-2-1-3-11(13)8-17-5-6-18-10-15(20)14(19)7-12(18)9-17/h1-9,12,15,19,23,27H,10-11,13-14H2;3-6,9,11,13,21H,7-8,10H2,1-2H3;1-3,6-7,10,23H,4-5,8-9H2;2-5,8,11,20H,6-7,9-10H2,1H3;1-4,7,10,20H,5-6,8-9H2. The highest BCUT2D eigenvalue weighted by Gasteiger charge is 2.36. The molecule has 0 bridgehead atoms. The molecule has 0 fully saturated rings. The van der Waals surface area contributed by atoms with E-state index >= 15 is 0 Å². The van der Waals surface area contributed by atoms with E-state index in [9.17, 15) is 67.1 Å². The van der Waals surface area contributed by atoms with Gasteiger partial charge in [-0.05, 0) is 78.1 Å². The maximum Gasteiger partial charge on any atom is 0.573 e. The van der Waals surface area contributed by atoms with Crippen LogP contribution < -0.4 is 41.4 Å². The van der Waals surface area contributed by atoms with Crippen molar-refractivity contribution in [2.75, 3.05) is 39.8 Å². The normalized spacial score (nSPS) is 16.8. The molecule has 5 N–H and O–H groups in total. The van der Waals surface area contributed by atoms with E-state index in [4.69, 9.17) is 9.47 Å². The Hall–Kier alpha value is -12.0. The summed E-state index contributed by atoms with van der Waals surface area (Å²) in [7, 11) is 1.66. The minimum Gasteiger partial charge on any atom is -0.503 e. The predicted octanol–water partition coefficient (Wildman–Crippen LogP) is 11.8. The van der Waals surface area contributed by atoms with Gasteiger partial charge < -0.3 is 62.6 Å². The van der Waals surface area contributed by atoms with Crippen LogP contribution in [0, 0.1) is 12.7 Å². The van der Waals surface area contributed by atoms with Gasteiger partial charge in [0.1, 0.15) is 29.2 Å². The quantitative estimate of drug-likeness (QED) is 0.0713. The van der Waals surface area contributed by atoms with Gasteiger partial charge in [-0.25, -0.2) is 4.39 Å². The van der Waals surface area contributed by atoms with E-state index in [1.54, 1.807) is 54.4 Å². The van der Waals surface area contributed by atoms with Gasteiger partial charge in [0.25, 0.3) is 0 Å². The summed E-state index contributed by atoms with van der Waals surface area (Å²) in [5, 5.41) is 47.6. The third-order valence-electron chi connectivity index (χ3n) is 21.3. The molecule has 23 nitrogen and oxygen atoms in total. The molecule has 594 valence electrons. The monoisotopic (exact) mass is 1560 g/mol. The lowest BCUT2D eigenvalue weighted by atomic mass is 9.91. The molecule has 11 heterocycles. The number of ether oxygens (including phenoxy) is 3. The van der Waals surface area contributed by atoms with Crippen molar-refractivity contribution in [2.24, 2.45) is 0 Å². The molecule has 6 aromatic carbocycles. The van der Waals surface area contributed by atoms with Crippen molar-refractivity contribution in [3.05, 3.63) is 337 Å². The summed E-state index contributed by atoms with van der Waals surface area (Å²) < 4.78 is 75.5.